The molecule has 0 aromatic heterocycles. The van der Waals surface area contributed by atoms with Crippen molar-refractivity contribution in [3.63, 3.8) is 0 Å². The molecule has 1 saturated carbocycles. The van der Waals surface area contributed by atoms with Gasteiger partial charge in [0, 0.05) is 25.2 Å². The lowest BCUT2D eigenvalue weighted by Crippen LogP contribution is -2.27. The van der Waals surface area contributed by atoms with Crippen molar-refractivity contribution in [1.82, 2.24) is 4.90 Å². The molecule has 5 nitrogen and oxygen atoms in total. The van der Waals surface area contributed by atoms with E-state index in [1.165, 1.54) is 25.7 Å². The molecule has 1 N–H and O–H groups in total. The predicted molar refractivity (Wildman–Crippen MR) is 85.6 cm³/mol. The molecule has 116 valence electrons. The average Bonchev–Trinajstić information content (AvgIpc) is 3.29. The Morgan fingerprint density at radius 3 is 2.71 bits per heavy atom. The van der Waals surface area contributed by atoms with Crippen molar-refractivity contribution in [3.05, 3.63) is 33.9 Å². The van der Waals surface area contributed by atoms with Crippen LogP contribution >= 0.6 is 0 Å². The standard InChI is InChI=1S/C16H25N3O2/c1-3-5-11-18(14-9-10-14)12-13-7-6-8-15(19(20)21)16(13)17-4-2/h6-8,14,17H,3-5,9-12H2,1-2H3. The van der Waals surface area contributed by atoms with Gasteiger partial charge in [0.15, 0.2) is 0 Å². The van der Waals surface area contributed by atoms with Crippen molar-refractivity contribution in [3.8, 4) is 0 Å². The van der Waals surface area contributed by atoms with E-state index in [2.05, 4.69) is 17.1 Å². The van der Waals surface area contributed by atoms with Gasteiger partial charge in [-0.1, -0.05) is 25.5 Å². The third kappa shape index (κ3) is 4.17. The van der Waals surface area contributed by atoms with Crippen LogP contribution in [0.1, 0.15) is 45.1 Å². The molecule has 0 unspecified atom stereocenters. The lowest BCUT2D eigenvalue weighted by molar-refractivity contribution is -0.384. The molecular weight excluding hydrogens is 266 g/mol. The second kappa shape index (κ2) is 7.41. The van der Waals surface area contributed by atoms with Gasteiger partial charge in [-0.15, -0.1) is 0 Å². The largest absolute Gasteiger partial charge is 0.380 e. The Bertz CT molecular complexity index is 486. The first-order valence-corrected chi connectivity index (χ1v) is 7.91. The molecule has 21 heavy (non-hydrogen) atoms. The molecule has 0 heterocycles. The van der Waals surface area contributed by atoms with Gasteiger partial charge in [-0.05, 0) is 38.3 Å². The van der Waals surface area contributed by atoms with Crippen LogP contribution in [-0.2, 0) is 6.54 Å². The van der Waals surface area contributed by atoms with E-state index in [1.807, 2.05) is 13.0 Å². The minimum atomic E-state index is -0.297. The third-order valence-corrected chi connectivity index (χ3v) is 3.91. The number of anilines is 1. The first kappa shape index (κ1) is 15.8. The third-order valence-electron chi connectivity index (χ3n) is 3.91. The van der Waals surface area contributed by atoms with Crippen LogP contribution in [0.4, 0.5) is 11.4 Å². The molecule has 0 bridgehead atoms. The van der Waals surface area contributed by atoms with Crippen molar-refractivity contribution in [2.75, 3.05) is 18.4 Å². The molecule has 1 aliphatic carbocycles. The van der Waals surface area contributed by atoms with Gasteiger partial charge in [-0.2, -0.15) is 0 Å². The van der Waals surface area contributed by atoms with Crippen LogP contribution in [0, 0.1) is 10.1 Å². The van der Waals surface area contributed by atoms with Crippen molar-refractivity contribution in [2.45, 2.75) is 52.1 Å². The molecule has 1 aromatic rings. The van der Waals surface area contributed by atoms with Gasteiger partial charge in [-0.3, -0.25) is 15.0 Å². The Morgan fingerprint density at radius 2 is 2.14 bits per heavy atom. The van der Waals surface area contributed by atoms with Gasteiger partial charge in [-0.25, -0.2) is 0 Å². The fourth-order valence-electron chi connectivity index (χ4n) is 2.66. The van der Waals surface area contributed by atoms with Crippen molar-refractivity contribution in [2.24, 2.45) is 0 Å². The van der Waals surface area contributed by atoms with Crippen molar-refractivity contribution >= 4 is 11.4 Å². The van der Waals surface area contributed by atoms with Gasteiger partial charge >= 0.3 is 0 Å². The van der Waals surface area contributed by atoms with Gasteiger partial charge in [0.1, 0.15) is 5.69 Å². The summed E-state index contributed by atoms with van der Waals surface area (Å²) >= 11 is 0. The second-order valence-electron chi connectivity index (χ2n) is 5.65. The lowest BCUT2D eigenvalue weighted by atomic mass is 10.1. The molecule has 5 heteroatoms. The zero-order valence-electron chi connectivity index (χ0n) is 13.0. The number of hydrogen-bond donors (Lipinski definition) is 1. The van der Waals surface area contributed by atoms with Crippen molar-refractivity contribution in [1.29, 1.82) is 0 Å². The van der Waals surface area contributed by atoms with Crippen LogP contribution < -0.4 is 5.32 Å². The van der Waals surface area contributed by atoms with E-state index < -0.39 is 0 Å². The first-order chi connectivity index (χ1) is 10.2. The Labute approximate surface area is 126 Å². The number of rotatable bonds is 9. The molecule has 1 aromatic carbocycles. The molecule has 0 atom stereocenters. The van der Waals surface area contributed by atoms with Gasteiger partial charge in [0.05, 0.1) is 4.92 Å². The van der Waals surface area contributed by atoms with Crippen LogP contribution in [0.3, 0.4) is 0 Å². The predicted octanol–water partition coefficient (Wildman–Crippen LogP) is 3.79. The van der Waals surface area contributed by atoms with E-state index in [0.717, 1.165) is 18.7 Å². The highest BCUT2D eigenvalue weighted by molar-refractivity contribution is 5.66. The number of nitrogens with one attached hydrogen (secondary N) is 1. The first-order valence-electron chi connectivity index (χ1n) is 7.91. The van der Waals surface area contributed by atoms with Gasteiger partial charge in [0.25, 0.3) is 5.69 Å². The molecule has 1 fully saturated rings. The molecule has 0 amide bonds. The molecule has 0 radical (unpaired) electrons. The SMILES string of the molecule is CCCCN(Cc1cccc([N+](=O)[O-])c1NCC)C1CC1. The average molecular weight is 291 g/mol. The van der Waals surface area contributed by atoms with Crippen LogP contribution in [0.2, 0.25) is 0 Å². The quantitative estimate of drug-likeness (QED) is 0.555. The summed E-state index contributed by atoms with van der Waals surface area (Å²) in [6.45, 7) is 6.74. The van der Waals surface area contributed by atoms with E-state index in [9.17, 15) is 10.1 Å². The molecular formula is C16H25N3O2. The monoisotopic (exact) mass is 291 g/mol. The van der Waals surface area contributed by atoms with Crippen LogP contribution in [-0.4, -0.2) is 29.0 Å². The second-order valence-corrected chi connectivity index (χ2v) is 5.65. The Morgan fingerprint density at radius 1 is 1.38 bits per heavy atom. The maximum atomic E-state index is 11.2. The van der Waals surface area contributed by atoms with Crippen molar-refractivity contribution < 1.29 is 4.92 Å². The number of nitrogens with zero attached hydrogens (tertiary/aromatic N) is 2. The van der Waals surface area contributed by atoms with E-state index in [0.29, 0.717) is 18.3 Å². The number of benzene rings is 1. The number of para-hydroxylation sites is 1. The zero-order chi connectivity index (χ0) is 15.2. The summed E-state index contributed by atoms with van der Waals surface area (Å²) in [5.74, 6) is 0. The number of nitro benzene ring substituents is 1. The Hall–Kier alpha value is -1.62. The fourth-order valence-corrected chi connectivity index (χ4v) is 2.66. The Balaban J connectivity index is 2.20. The van der Waals surface area contributed by atoms with Gasteiger partial charge in [0.2, 0.25) is 0 Å². The summed E-state index contributed by atoms with van der Waals surface area (Å²) in [5, 5.41) is 14.4. The van der Waals surface area contributed by atoms with Crippen LogP contribution in [0.15, 0.2) is 18.2 Å². The van der Waals surface area contributed by atoms with E-state index in [4.69, 9.17) is 0 Å². The molecule has 0 spiro atoms. The summed E-state index contributed by atoms with van der Waals surface area (Å²) in [7, 11) is 0. The van der Waals surface area contributed by atoms with E-state index in [-0.39, 0.29) is 10.6 Å². The Kier molecular flexibility index (Phi) is 5.56. The van der Waals surface area contributed by atoms with Crippen LogP contribution in [0.25, 0.3) is 0 Å². The zero-order valence-corrected chi connectivity index (χ0v) is 13.0. The van der Waals surface area contributed by atoms with Crippen LogP contribution in [0.5, 0.6) is 0 Å². The number of unbranched alkanes of at least 4 members (excludes halogenated alkanes) is 1. The molecule has 0 saturated heterocycles. The summed E-state index contributed by atoms with van der Waals surface area (Å²) in [6, 6.07) is 6.05. The summed E-state index contributed by atoms with van der Waals surface area (Å²) in [6.07, 6.45) is 4.88. The fraction of sp³-hybridized carbons (Fsp3) is 0.625. The number of nitro groups is 1. The summed E-state index contributed by atoms with van der Waals surface area (Å²) in [4.78, 5) is 13.4. The highest BCUT2D eigenvalue weighted by Gasteiger charge is 2.29. The highest BCUT2D eigenvalue weighted by Crippen LogP contribution is 2.33. The lowest BCUT2D eigenvalue weighted by Gasteiger charge is -2.23. The normalized spacial score (nSPS) is 14.4. The highest BCUT2D eigenvalue weighted by atomic mass is 16.6. The minimum Gasteiger partial charge on any atom is -0.380 e. The molecule has 1 aliphatic rings. The number of hydrogen-bond acceptors (Lipinski definition) is 4. The van der Waals surface area contributed by atoms with E-state index in [1.54, 1.807) is 12.1 Å². The maximum Gasteiger partial charge on any atom is 0.292 e. The summed E-state index contributed by atoms with van der Waals surface area (Å²) in [5.41, 5.74) is 1.90. The molecule has 0 aliphatic heterocycles. The minimum absolute atomic E-state index is 0.181. The summed E-state index contributed by atoms with van der Waals surface area (Å²) < 4.78 is 0. The molecule has 2 rings (SSSR count). The van der Waals surface area contributed by atoms with E-state index >= 15 is 0 Å². The maximum absolute atomic E-state index is 11.2. The smallest absolute Gasteiger partial charge is 0.292 e. The van der Waals surface area contributed by atoms with Gasteiger partial charge < -0.3 is 5.32 Å². The topological polar surface area (TPSA) is 58.4 Å².